The van der Waals surface area contributed by atoms with Crippen molar-refractivity contribution < 1.29 is 14.7 Å². The molecule has 0 radical (unpaired) electrons. The fraction of sp³-hybridized carbons (Fsp3) is 0.286. The molecule has 2 heterocycles. The topological polar surface area (TPSA) is 83.4 Å². The van der Waals surface area contributed by atoms with Crippen molar-refractivity contribution in [1.29, 1.82) is 0 Å². The van der Waals surface area contributed by atoms with Gasteiger partial charge in [0, 0.05) is 13.1 Å². The van der Waals surface area contributed by atoms with Crippen molar-refractivity contribution in [2.45, 2.75) is 19.9 Å². The molecule has 1 aromatic heterocycles. The van der Waals surface area contributed by atoms with Gasteiger partial charge in [0.2, 0.25) is 0 Å². The third kappa shape index (κ3) is 2.40. The van der Waals surface area contributed by atoms with E-state index in [-0.39, 0.29) is 5.91 Å². The number of aromatic nitrogens is 2. The Bertz CT molecular complexity index is 726. The Morgan fingerprint density at radius 3 is 2.86 bits per heavy atom. The highest BCUT2D eigenvalue weighted by molar-refractivity contribution is 7.07. The predicted octanol–water partition coefficient (Wildman–Crippen LogP) is 1.74. The van der Waals surface area contributed by atoms with Gasteiger partial charge in [0.1, 0.15) is 4.88 Å². The third-order valence-electron chi connectivity index (χ3n) is 3.63. The van der Waals surface area contributed by atoms with Gasteiger partial charge in [-0.2, -0.15) is 0 Å². The maximum atomic E-state index is 12.5. The quantitative estimate of drug-likeness (QED) is 0.913. The Hall–Kier alpha value is -2.28. The number of carbonyl (C=O) groups is 2. The second kappa shape index (κ2) is 5.25. The summed E-state index contributed by atoms with van der Waals surface area (Å²) in [6.45, 7) is 2.69. The average Bonchev–Trinajstić information content (AvgIpc) is 2.91. The number of amides is 1. The van der Waals surface area contributed by atoms with Gasteiger partial charge in [-0.3, -0.25) is 4.79 Å². The molecule has 0 atom stereocenters. The van der Waals surface area contributed by atoms with Crippen LogP contribution in [0.1, 0.15) is 36.9 Å². The standard InChI is InChI=1S/C14H13N3O3S/c1-8-12(21-16-15-8)13(18)17-6-5-10-9(7-17)3-2-4-11(10)14(19)20/h2-4H,5-7H2,1H3,(H,19,20). The van der Waals surface area contributed by atoms with Crippen LogP contribution in [0.5, 0.6) is 0 Å². The number of hydrogen-bond acceptors (Lipinski definition) is 5. The van der Waals surface area contributed by atoms with Crippen LogP contribution in [0.3, 0.4) is 0 Å². The minimum absolute atomic E-state index is 0.0890. The van der Waals surface area contributed by atoms with Crippen molar-refractivity contribution >= 4 is 23.4 Å². The maximum Gasteiger partial charge on any atom is 0.335 e. The van der Waals surface area contributed by atoms with Crippen molar-refractivity contribution in [3.05, 3.63) is 45.5 Å². The number of aryl methyl sites for hydroxylation is 1. The minimum atomic E-state index is -0.922. The van der Waals surface area contributed by atoms with Crippen LogP contribution in [0.2, 0.25) is 0 Å². The summed E-state index contributed by atoms with van der Waals surface area (Å²) in [6, 6.07) is 5.20. The van der Waals surface area contributed by atoms with E-state index in [0.29, 0.717) is 35.6 Å². The SMILES string of the molecule is Cc1nnsc1C(=O)N1CCc2c(cccc2C(=O)O)C1. The van der Waals surface area contributed by atoms with Crippen LogP contribution in [0.25, 0.3) is 0 Å². The lowest BCUT2D eigenvalue weighted by Crippen LogP contribution is -2.36. The fourth-order valence-corrected chi connectivity index (χ4v) is 3.18. The maximum absolute atomic E-state index is 12.5. The summed E-state index contributed by atoms with van der Waals surface area (Å²) < 4.78 is 3.79. The van der Waals surface area contributed by atoms with Gasteiger partial charge in [-0.25, -0.2) is 4.79 Å². The number of rotatable bonds is 2. The van der Waals surface area contributed by atoms with E-state index in [9.17, 15) is 14.7 Å². The molecule has 0 bridgehead atoms. The van der Waals surface area contributed by atoms with Crippen LogP contribution in [-0.2, 0) is 13.0 Å². The van der Waals surface area contributed by atoms with Crippen molar-refractivity contribution in [1.82, 2.24) is 14.5 Å². The number of aromatic carboxylic acids is 1. The van der Waals surface area contributed by atoms with Crippen molar-refractivity contribution in [2.24, 2.45) is 0 Å². The van der Waals surface area contributed by atoms with E-state index in [2.05, 4.69) is 9.59 Å². The first-order valence-electron chi connectivity index (χ1n) is 6.50. The zero-order chi connectivity index (χ0) is 15.0. The van der Waals surface area contributed by atoms with Crippen LogP contribution in [0.4, 0.5) is 0 Å². The van der Waals surface area contributed by atoms with E-state index >= 15 is 0 Å². The molecule has 0 unspecified atom stereocenters. The number of benzene rings is 1. The predicted molar refractivity (Wildman–Crippen MR) is 76.5 cm³/mol. The summed E-state index contributed by atoms with van der Waals surface area (Å²) >= 11 is 1.09. The van der Waals surface area contributed by atoms with Crippen LogP contribution >= 0.6 is 11.5 Å². The van der Waals surface area contributed by atoms with Gasteiger partial charge >= 0.3 is 5.97 Å². The summed E-state index contributed by atoms with van der Waals surface area (Å²) in [5.74, 6) is -1.01. The number of carboxylic acids is 1. The molecule has 1 amide bonds. The molecule has 21 heavy (non-hydrogen) atoms. The molecule has 108 valence electrons. The number of fused-ring (bicyclic) bond motifs is 1. The van der Waals surface area contributed by atoms with Crippen LogP contribution in [0.15, 0.2) is 18.2 Å². The van der Waals surface area contributed by atoms with E-state index in [1.807, 2.05) is 6.07 Å². The number of hydrogen-bond donors (Lipinski definition) is 1. The van der Waals surface area contributed by atoms with Crippen LogP contribution in [-0.4, -0.2) is 38.0 Å². The molecule has 1 aliphatic heterocycles. The number of nitrogens with zero attached hydrogens (tertiary/aromatic N) is 3. The highest BCUT2D eigenvalue weighted by Crippen LogP contribution is 2.24. The largest absolute Gasteiger partial charge is 0.478 e. The first-order chi connectivity index (χ1) is 10.1. The number of carbonyl (C=O) groups excluding carboxylic acids is 1. The van der Waals surface area contributed by atoms with Gasteiger partial charge in [0.25, 0.3) is 5.91 Å². The summed E-state index contributed by atoms with van der Waals surface area (Å²) in [6.07, 6.45) is 0.550. The molecule has 3 rings (SSSR count). The van der Waals surface area contributed by atoms with E-state index in [1.165, 1.54) is 0 Å². The molecule has 0 saturated heterocycles. The summed E-state index contributed by atoms with van der Waals surface area (Å²) in [5.41, 5.74) is 2.68. The van der Waals surface area contributed by atoms with Gasteiger partial charge in [-0.15, -0.1) is 5.10 Å². The molecule has 7 heteroatoms. The lowest BCUT2D eigenvalue weighted by atomic mass is 9.94. The summed E-state index contributed by atoms with van der Waals surface area (Å²) in [7, 11) is 0. The highest BCUT2D eigenvalue weighted by Gasteiger charge is 2.26. The fourth-order valence-electron chi connectivity index (χ4n) is 2.55. The Labute approximate surface area is 125 Å². The van der Waals surface area contributed by atoms with Gasteiger partial charge in [-0.05, 0) is 42.1 Å². The molecule has 0 fully saturated rings. The molecule has 6 nitrogen and oxygen atoms in total. The molecular formula is C14H13N3O3S. The number of carboxylic acid groups (broad SMARTS) is 1. The Balaban J connectivity index is 1.89. The van der Waals surface area contributed by atoms with E-state index in [1.54, 1.807) is 24.0 Å². The molecule has 1 aromatic carbocycles. The Morgan fingerprint density at radius 2 is 2.19 bits per heavy atom. The van der Waals surface area contributed by atoms with E-state index in [4.69, 9.17) is 0 Å². The van der Waals surface area contributed by atoms with E-state index in [0.717, 1.165) is 22.7 Å². The Morgan fingerprint density at radius 1 is 1.38 bits per heavy atom. The van der Waals surface area contributed by atoms with Crippen molar-refractivity contribution in [3.63, 3.8) is 0 Å². The molecule has 0 saturated carbocycles. The van der Waals surface area contributed by atoms with E-state index < -0.39 is 5.97 Å². The zero-order valence-electron chi connectivity index (χ0n) is 11.4. The Kier molecular flexibility index (Phi) is 3.42. The van der Waals surface area contributed by atoms with Crippen LogP contribution in [0, 0.1) is 6.92 Å². The van der Waals surface area contributed by atoms with Crippen LogP contribution < -0.4 is 0 Å². The third-order valence-corrected chi connectivity index (χ3v) is 4.45. The van der Waals surface area contributed by atoms with Gasteiger partial charge < -0.3 is 10.0 Å². The first-order valence-corrected chi connectivity index (χ1v) is 7.27. The molecule has 0 spiro atoms. The first kappa shape index (κ1) is 13.7. The molecule has 1 N–H and O–H groups in total. The molecule has 1 aliphatic rings. The summed E-state index contributed by atoms with van der Waals surface area (Å²) in [4.78, 5) is 25.9. The zero-order valence-corrected chi connectivity index (χ0v) is 12.2. The molecular weight excluding hydrogens is 290 g/mol. The normalized spacial score (nSPS) is 13.9. The van der Waals surface area contributed by atoms with Gasteiger partial charge in [0.05, 0.1) is 11.3 Å². The lowest BCUT2D eigenvalue weighted by Gasteiger charge is -2.29. The minimum Gasteiger partial charge on any atom is -0.478 e. The highest BCUT2D eigenvalue weighted by atomic mass is 32.1. The molecule has 0 aliphatic carbocycles. The summed E-state index contributed by atoms with van der Waals surface area (Å²) in [5, 5.41) is 13.1. The molecule has 2 aromatic rings. The second-order valence-electron chi connectivity index (χ2n) is 4.91. The lowest BCUT2D eigenvalue weighted by molar-refractivity contribution is 0.0694. The van der Waals surface area contributed by atoms with Crippen molar-refractivity contribution in [3.8, 4) is 0 Å². The van der Waals surface area contributed by atoms with Gasteiger partial charge in [0.15, 0.2) is 0 Å². The second-order valence-corrected chi connectivity index (χ2v) is 5.67. The van der Waals surface area contributed by atoms with Gasteiger partial charge in [-0.1, -0.05) is 16.6 Å². The average molecular weight is 303 g/mol. The monoisotopic (exact) mass is 303 g/mol. The van der Waals surface area contributed by atoms with Crippen molar-refractivity contribution in [2.75, 3.05) is 6.54 Å². The smallest absolute Gasteiger partial charge is 0.335 e.